The van der Waals surface area contributed by atoms with Crippen molar-refractivity contribution in [3.8, 4) is 0 Å². The third-order valence-corrected chi connectivity index (χ3v) is 4.47. The fourth-order valence-corrected chi connectivity index (χ4v) is 3.62. The molecule has 0 amide bonds. The molecule has 1 aromatic rings. The minimum absolute atomic E-state index is 0.248. The summed E-state index contributed by atoms with van der Waals surface area (Å²) in [4.78, 5) is 0. The highest BCUT2D eigenvalue weighted by atomic mass is 19.4. The maximum Gasteiger partial charge on any atom is 0.416 e. The van der Waals surface area contributed by atoms with Crippen LogP contribution in [0.3, 0.4) is 0 Å². The molecule has 1 fully saturated rings. The third kappa shape index (κ3) is 3.56. The predicted octanol–water partition coefficient (Wildman–Crippen LogP) is 6.03. The van der Waals surface area contributed by atoms with E-state index in [-0.39, 0.29) is 5.92 Å². The molecule has 0 nitrogen and oxygen atoms in total. The zero-order valence-electron chi connectivity index (χ0n) is 12.2. The lowest BCUT2D eigenvalue weighted by molar-refractivity contribution is -0.137. The fourth-order valence-electron chi connectivity index (χ4n) is 3.62. The summed E-state index contributed by atoms with van der Waals surface area (Å²) in [5.41, 5.74) is 0.346. The quantitative estimate of drug-likeness (QED) is 0.636. The Hall–Kier alpha value is -0.990. The van der Waals surface area contributed by atoms with Crippen LogP contribution >= 0.6 is 0 Å². The second kappa shape index (κ2) is 6.19. The van der Waals surface area contributed by atoms with E-state index in [2.05, 4.69) is 13.8 Å². The summed E-state index contributed by atoms with van der Waals surface area (Å²) in [6.45, 7) is 4.25. The Kier molecular flexibility index (Phi) is 4.77. The zero-order valence-corrected chi connectivity index (χ0v) is 12.2. The predicted molar refractivity (Wildman–Crippen MR) is 75.6 cm³/mol. The van der Waals surface area contributed by atoms with E-state index in [0.717, 1.165) is 18.4 Å². The molecular formula is C17H23F3. The lowest BCUT2D eigenvalue weighted by Gasteiger charge is -2.33. The van der Waals surface area contributed by atoms with Gasteiger partial charge < -0.3 is 0 Å². The average Bonchev–Trinajstić information content (AvgIpc) is 2.39. The van der Waals surface area contributed by atoms with Crippen molar-refractivity contribution >= 4 is 0 Å². The van der Waals surface area contributed by atoms with Gasteiger partial charge in [-0.2, -0.15) is 13.2 Å². The molecule has 0 aliphatic heterocycles. The van der Waals surface area contributed by atoms with Crippen LogP contribution in [0.1, 0.15) is 63.0 Å². The molecule has 1 unspecified atom stereocenters. The maximum atomic E-state index is 12.9. The minimum atomic E-state index is -4.25. The molecule has 0 radical (unpaired) electrons. The van der Waals surface area contributed by atoms with Crippen molar-refractivity contribution in [2.24, 2.45) is 11.8 Å². The van der Waals surface area contributed by atoms with Crippen molar-refractivity contribution in [1.29, 1.82) is 0 Å². The number of halogens is 3. The van der Waals surface area contributed by atoms with Crippen LogP contribution in [0.4, 0.5) is 13.2 Å². The highest BCUT2D eigenvalue weighted by Crippen LogP contribution is 2.41. The molecule has 0 bridgehead atoms. The molecule has 1 atom stereocenters. The van der Waals surface area contributed by atoms with Gasteiger partial charge in [0.05, 0.1) is 5.56 Å². The largest absolute Gasteiger partial charge is 0.416 e. The number of rotatable bonds is 3. The molecule has 2 rings (SSSR count). The van der Waals surface area contributed by atoms with Gasteiger partial charge in [0.1, 0.15) is 0 Å². The summed E-state index contributed by atoms with van der Waals surface area (Å²) in [7, 11) is 0. The summed E-state index contributed by atoms with van der Waals surface area (Å²) >= 11 is 0. The Morgan fingerprint density at radius 2 is 1.70 bits per heavy atom. The van der Waals surface area contributed by atoms with Crippen LogP contribution in [0, 0.1) is 11.8 Å². The molecule has 1 saturated carbocycles. The summed E-state index contributed by atoms with van der Waals surface area (Å²) in [5.74, 6) is 1.16. The normalized spacial score (nSPS) is 19.3. The summed E-state index contributed by atoms with van der Waals surface area (Å²) in [5, 5.41) is 0. The van der Waals surface area contributed by atoms with Gasteiger partial charge in [0, 0.05) is 0 Å². The van der Waals surface area contributed by atoms with Gasteiger partial charge in [0.25, 0.3) is 0 Å². The number of hydrogen-bond acceptors (Lipinski definition) is 0. The first kappa shape index (κ1) is 15.4. The van der Waals surface area contributed by atoms with Gasteiger partial charge >= 0.3 is 6.18 Å². The van der Waals surface area contributed by atoms with Crippen molar-refractivity contribution < 1.29 is 13.2 Å². The van der Waals surface area contributed by atoms with Gasteiger partial charge in [-0.1, -0.05) is 51.3 Å². The van der Waals surface area contributed by atoms with E-state index >= 15 is 0 Å². The van der Waals surface area contributed by atoms with Gasteiger partial charge in [-0.3, -0.25) is 0 Å². The van der Waals surface area contributed by atoms with E-state index in [9.17, 15) is 13.2 Å². The standard InChI is InChI=1S/C17H23F3/c1-12(2)16(13-7-4-3-5-8-13)14-9-6-10-15(11-14)17(18,19)20/h6,9-13,16H,3-5,7-8H2,1-2H3. The van der Waals surface area contributed by atoms with E-state index in [4.69, 9.17) is 0 Å². The van der Waals surface area contributed by atoms with Crippen LogP contribution < -0.4 is 0 Å². The molecule has 1 aliphatic carbocycles. The first-order valence-electron chi connectivity index (χ1n) is 7.56. The number of hydrogen-bond donors (Lipinski definition) is 0. The molecular weight excluding hydrogens is 261 g/mol. The van der Waals surface area contributed by atoms with Crippen molar-refractivity contribution in [1.82, 2.24) is 0 Å². The molecule has 1 aromatic carbocycles. The van der Waals surface area contributed by atoms with Crippen molar-refractivity contribution in [2.45, 2.75) is 58.0 Å². The van der Waals surface area contributed by atoms with E-state index in [1.165, 1.54) is 31.4 Å². The molecule has 0 saturated heterocycles. The maximum absolute atomic E-state index is 12.9. The van der Waals surface area contributed by atoms with Crippen molar-refractivity contribution in [3.63, 3.8) is 0 Å². The lowest BCUT2D eigenvalue weighted by atomic mass is 9.72. The van der Waals surface area contributed by atoms with E-state index in [1.807, 2.05) is 6.07 Å². The van der Waals surface area contributed by atoms with Crippen molar-refractivity contribution in [2.75, 3.05) is 0 Å². The molecule has 0 aromatic heterocycles. The summed E-state index contributed by atoms with van der Waals surface area (Å²) < 4.78 is 38.6. The summed E-state index contributed by atoms with van der Waals surface area (Å²) in [6, 6.07) is 5.95. The van der Waals surface area contributed by atoms with Gasteiger partial charge in [0.2, 0.25) is 0 Å². The minimum Gasteiger partial charge on any atom is -0.166 e. The molecule has 1 aliphatic rings. The Labute approximate surface area is 119 Å². The van der Waals surface area contributed by atoms with E-state index in [1.54, 1.807) is 6.07 Å². The Bertz CT molecular complexity index is 428. The zero-order chi connectivity index (χ0) is 14.8. The van der Waals surface area contributed by atoms with Crippen LogP contribution in [0.5, 0.6) is 0 Å². The van der Waals surface area contributed by atoms with Gasteiger partial charge in [-0.15, -0.1) is 0 Å². The third-order valence-electron chi connectivity index (χ3n) is 4.47. The van der Waals surface area contributed by atoms with Crippen LogP contribution in [0.2, 0.25) is 0 Å². The topological polar surface area (TPSA) is 0 Å². The highest BCUT2D eigenvalue weighted by Gasteiger charge is 2.33. The van der Waals surface area contributed by atoms with E-state index in [0.29, 0.717) is 11.8 Å². The fraction of sp³-hybridized carbons (Fsp3) is 0.647. The Balaban J connectivity index is 2.29. The SMILES string of the molecule is CC(C)C(c1cccc(C(F)(F)F)c1)C1CCCCC1. The van der Waals surface area contributed by atoms with Gasteiger partial charge in [0.15, 0.2) is 0 Å². The van der Waals surface area contributed by atoms with Crippen molar-refractivity contribution in [3.05, 3.63) is 35.4 Å². The molecule has 0 N–H and O–H groups in total. The molecule has 3 heteroatoms. The molecule has 0 spiro atoms. The van der Waals surface area contributed by atoms with Crippen LogP contribution in [-0.2, 0) is 6.18 Å². The Morgan fingerprint density at radius 1 is 1.05 bits per heavy atom. The van der Waals surface area contributed by atoms with E-state index < -0.39 is 11.7 Å². The smallest absolute Gasteiger partial charge is 0.166 e. The lowest BCUT2D eigenvalue weighted by Crippen LogP contribution is -2.21. The number of alkyl halides is 3. The highest BCUT2D eigenvalue weighted by molar-refractivity contribution is 5.29. The van der Waals surface area contributed by atoms with Crippen LogP contribution in [-0.4, -0.2) is 0 Å². The second-order valence-corrected chi connectivity index (χ2v) is 6.29. The summed E-state index contributed by atoms with van der Waals surface area (Å²) in [6.07, 6.45) is 1.76. The number of benzene rings is 1. The first-order chi connectivity index (χ1) is 9.39. The molecule has 0 heterocycles. The van der Waals surface area contributed by atoms with Gasteiger partial charge in [-0.25, -0.2) is 0 Å². The van der Waals surface area contributed by atoms with Gasteiger partial charge in [-0.05, 0) is 42.2 Å². The molecule has 112 valence electrons. The average molecular weight is 284 g/mol. The first-order valence-corrected chi connectivity index (χ1v) is 7.56. The monoisotopic (exact) mass is 284 g/mol. The Morgan fingerprint density at radius 3 is 2.25 bits per heavy atom. The second-order valence-electron chi connectivity index (χ2n) is 6.29. The van der Waals surface area contributed by atoms with Crippen LogP contribution in [0.15, 0.2) is 24.3 Å². The molecule has 20 heavy (non-hydrogen) atoms. The van der Waals surface area contributed by atoms with Crippen LogP contribution in [0.25, 0.3) is 0 Å².